The summed E-state index contributed by atoms with van der Waals surface area (Å²) in [5.74, 6) is 0.114. The molecule has 4 N–H and O–H groups in total. The lowest BCUT2D eigenvalue weighted by atomic mass is 10.2. The highest BCUT2D eigenvalue weighted by Crippen LogP contribution is 2.35. The molecular weight excluding hydrogens is 374 g/mol. The van der Waals surface area contributed by atoms with Crippen molar-refractivity contribution in [1.29, 1.82) is 0 Å². The van der Waals surface area contributed by atoms with E-state index in [1.807, 2.05) is 0 Å². The predicted molar refractivity (Wildman–Crippen MR) is 87.7 cm³/mol. The van der Waals surface area contributed by atoms with Crippen molar-refractivity contribution >= 4 is 37.3 Å². The molecule has 2 aromatic rings. The lowest BCUT2D eigenvalue weighted by molar-refractivity contribution is 0.415. The van der Waals surface area contributed by atoms with E-state index in [4.69, 9.17) is 19.6 Å². The van der Waals surface area contributed by atoms with Crippen molar-refractivity contribution in [3.63, 3.8) is 0 Å². The molecule has 2 aromatic carbocycles. The van der Waals surface area contributed by atoms with Crippen LogP contribution < -0.4 is 10.5 Å². The summed E-state index contributed by atoms with van der Waals surface area (Å²) in [4.78, 5) is -0.867. The van der Waals surface area contributed by atoms with Crippen LogP contribution in [0.4, 0.5) is 17.1 Å². The van der Waals surface area contributed by atoms with Crippen molar-refractivity contribution in [1.82, 2.24) is 0 Å². The van der Waals surface area contributed by atoms with Gasteiger partial charge in [0.25, 0.3) is 20.2 Å². The van der Waals surface area contributed by atoms with E-state index < -0.39 is 25.1 Å². The number of nitrogens with two attached hydrogens (primary N) is 1. The van der Waals surface area contributed by atoms with E-state index in [9.17, 15) is 16.8 Å². The minimum Gasteiger partial charge on any atom is -0.494 e. The SMILES string of the molecule is COc1cc(N)c(S(=O)(=O)O)cc1N=Nc1ccc(S(=O)(=O)O)cc1. The maximum atomic E-state index is 11.3. The second-order valence-corrected chi connectivity index (χ2v) is 7.52. The molecule has 0 amide bonds. The van der Waals surface area contributed by atoms with Gasteiger partial charge >= 0.3 is 0 Å². The summed E-state index contributed by atoms with van der Waals surface area (Å²) in [5.41, 5.74) is 5.52. The molecule has 0 aliphatic heterocycles. The highest BCUT2D eigenvalue weighted by atomic mass is 32.2. The zero-order chi connectivity index (χ0) is 18.8. The number of azo groups is 1. The Morgan fingerprint density at radius 2 is 1.56 bits per heavy atom. The number of nitrogens with zero attached hydrogens (tertiary/aromatic N) is 2. The molecule has 0 fully saturated rings. The Morgan fingerprint density at radius 3 is 2.04 bits per heavy atom. The van der Waals surface area contributed by atoms with E-state index in [1.54, 1.807) is 0 Å². The molecule has 0 bridgehead atoms. The highest BCUT2D eigenvalue weighted by Gasteiger charge is 2.18. The number of rotatable bonds is 5. The van der Waals surface area contributed by atoms with Gasteiger partial charge in [-0.1, -0.05) is 0 Å². The zero-order valence-corrected chi connectivity index (χ0v) is 14.3. The van der Waals surface area contributed by atoms with E-state index in [2.05, 4.69) is 10.2 Å². The van der Waals surface area contributed by atoms with Gasteiger partial charge < -0.3 is 10.5 Å². The van der Waals surface area contributed by atoms with Crippen LogP contribution in [0.15, 0.2) is 56.4 Å². The first-order valence-electron chi connectivity index (χ1n) is 6.46. The largest absolute Gasteiger partial charge is 0.494 e. The molecule has 12 heteroatoms. The molecule has 0 aliphatic rings. The Morgan fingerprint density at radius 1 is 0.960 bits per heavy atom. The van der Waals surface area contributed by atoms with Crippen molar-refractivity contribution in [3.05, 3.63) is 36.4 Å². The quantitative estimate of drug-likeness (QED) is 0.398. The number of hydrogen-bond acceptors (Lipinski definition) is 8. The van der Waals surface area contributed by atoms with E-state index in [0.29, 0.717) is 0 Å². The molecule has 0 aliphatic carbocycles. The summed E-state index contributed by atoms with van der Waals surface area (Å²) in [6.45, 7) is 0. The molecule has 0 atom stereocenters. The first-order chi connectivity index (χ1) is 11.5. The molecule has 0 spiro atoms. The van der Waals surface area contributed by atoms with Crippen molar-refractivity contribution in [2.45, 2.75) is 9.79 Å². The maximum absolute atomic E-state index is 11.3. The number of ether oxygens (including phenoxy) is 1. The Bertz CT molecular complexity index is 1030. The number of nitrogen functional groups attached to an aromatic ring is 1. The van der Waals surface area contributed by atoms with Crippen molar-refractivity contribution < 1.29 is 30.7 Å². The minimum atomic E-state index is -4.56. The first kappa shape index (κ1) is 18.8. The van der Waals surface area contributed by atoms with Crippen molar-refractivity contribution in [2.24, 2.45) is 10.2 Å². The highest BCUT2D eigenvalue weighted by molar-refractivity contribution is 7.86. The number of benzene rings is 2. The maximum Gasteiger partial charge on any atom is 0.296 e. The molecule has 0 unspecified atom stereocenters. The van der Waals surface area contributed by atoms with Crippen molar-refractivity contribution in [2.75, 3.05) is 12.8 Å². The fraction of sp³-hybridized carbons (Fsp3) is 0.0769. The molecule has 0 saturated carbocycles. The standard InChI is InChI=1S/C13H13N3O7S2/c1-23-12-6-10(14)13(25(20,21)22)7-11(12)16-15-8-2-4-9(5-3-8)24(17,18)19/h2-7H,14H2,1H3,(H,17,18,19)(H,20,21,22). The number of anilines is 1. The topological polar surface area (TPSA) is 169 Å². The van der Waals surface area contributed by atoms with Crippen LogP contribution >= 0.6 is 0 Å². The van der Waals surface area contributed by atoms with Crippen LogP contribution in [0, 0.1) is 0 Å². The van der Waals surface area contributed by atoms with Gasteiger partial charge in [0.1, 0.15) is 16.3 Å². The van der Waals surface area contributed by atoms with Gasteiger partial charge in [-0.05, 0) is 30.3 Å². The van der Waals surface area contributed by atoms with E-state index in [1.165, 1.54) is 25.3 Å². The van der Waals surface area contributed by atoms with E-state index >= 15 is 0 Å². The molecule has 0 radical (unpaired) electrons. The predicted octanol–water partition coefficient (Wildman–Crippen LogP) is 2.19. The monoisotopic (exact) mass is 387 g/mol. The fourth-order valence-corrected chi connectivity index (χ4v) is 2.92. The van der Waals surface area contributed by atoms with Crippen LogP contribution in [0.25, 0.3) is 0 Å². The average Bonchev–Trinajstić information content (AvgIpc) is 2.51. The van der Waals surface area contributed by atoms with Crippen LogP contribution in [0.1, 0.15) is 0 Å². The molecule has 10 nitrogen and oxygen atoms in total. The summed E-state index contributed by atoms with van der Waals surface area (Å²) >= 11 is 0. The van der Waals surface area contributed by atoms with E-state index in [-0.39, 0.29) is 27.7 Å². The van der Waals surface area contributed by atoms with Crippen molar-refractivity contribution in [3.8, 4) is 5.75 Å². The van der Waals surface area contributed by atoms with Crippen LogP contribution in [0.2, 0.25) is 0 Å². The normalized spacial score (nSPS) is 12.4. The lowest BCUT2D eigenvalue weighted by Gasteiger charge is -2.08. The number of hydrogen-bond donors (Lipinski definition) is 3. The molecule has 25 heavy (non-hydrogen) atoms. The summed E-state index contributed by atoms with van der Waals surface area (Å²) in [6.07, 6.45) is 0. The Labute approximate surface area is 143 Å². The zero-order valence-electron chi connectivity index (χ0n) is 12.7. The van der Waals surface area contributed by atoms with Gasteiger partial charge in [-0.15, -0.1) is 5.11 Å². The summed E-state index contributed by atoms with van der Waals surface area (Å²) < 4.78 is 67.6. The second kappa shape index (κ2) is 6.76. The van der Waals surface area contributed by atoms with Gasteiger partial charge in [0.15, 0.2) is 0 Å². The molecule has 0 aromatic heterocycles. The van der Waals surface area contributed by atoms with Crippen LogP contribution in [0.3, 0.4) is 0 Å². The van der Waals surface area contributed by atoms with Gasteiger partial charge in [0.2, 0.25) is 0 Å². The third-order valence-electron chi connectivity index (χ3n) is 3.00. The minimum absolute atomic E-state index is 0.0248. The third kappa shape index (κ3) is 4.51. The Hall–Kier alpha value is -2.54. The van der Waals surface area contributed by atoms with Gasteiger partial charge in [0, 0.05) is 6.07 Å². The smallest absolute Gasteiger partial charge is 0.296 e. The molecule has 0 saturated heterocycles. The van der Waals surface area contributed by atoms with Gasteiger partial charge in [-0.25, -0.2) is 0 Å². The van der Waals surface area contributed by atoms with Gasteiger partial charge in [-0.2, -0.15) is 21.9 Å². The Kier molecular flexibility index (Phi) is 5.08. The van der Waals surface area contributed by atoms with Crippen LogP contribution in [0.5, 0.6) is 5.75 Å². The third-order valence-corrected chi connectivity index (χ3v) is 4.77. The summed E-state index contributed by atoms with van der Waals surface area (Å²) in [5, 5.41) is 7.62. The van der Waals surface area contributed by atoms with Gasteiger partial charge in [0.05, 0.1) is 23.4 Å². The summed E-state index contributed by atoms with van der Waals surface area (Å²) in [6, 6.07) is 6.94. The Balaban J connectivity index is 2.43. The molecule has 134 valence electrons. The van der Waals surface area contributed by atoms with E-state index in [0.717, 1.165) is 18.2 Å². The molecule has 0 heterocycles. The van der Waals surface area contributed by atoms with Gasteiger partial charge in [-0.3, -0.25) is 9.11 Å². The number of methoxy groups -OCH3 is 1. The summed E-state index contributed by atoms with van der Waals surface area (Å²) in [7, 11) is -7.58. The van der Waals surface area contributed by atoms with Crippen LogP contribution in [-0.2, 0) is 20.2 Å². The first-order valence-corrected chi connectivity index (χ1v) is 9.34. The van der Waals surface area contributed by atoms with Crippen LogP contribution in [-0.4, -0.2) is 33.1 Å². The molecule has 2 rings (SSSR count). The second-order valence-electron chi connectivity index (χ2n) is 4.71. The fourth-order valence-electron chi connectivity index (χ4n) is 1.83. The average molecular weight is 387 g/mol. The molecular formula is C13H13N3O7S2. The lowest BCUT2D eigenvalue weighted by Crippen LogP contribution is -2.03.